The van der Waals surface area contributed by atoms with Crippen molar-refractivity contribution >= 4 is 29.1 Å². The minimum atomic E-state index is -0.868. The van der Waals surface area contributed by atoms with Crippen LogP contribution < -0.4 is 0 Å². The number of hydrogen-bond donors (Lipinski definition) is 1. The van der Waals surface area contributed by atoms with Gasteiger partial charge in [0.25, 0.3) is 0 Å². The maximum atomic E-state index is 10.6. The van der Waals surface area contributed by atoms with Crippen molar-refractivity contribution in [3.63, 3.8) is 0 Å². The van der Waals surface area contributed by atoms with Gasteiger partial charge in [0.15, 0.2) is 10.2 Å². The minimum Gasteiger partial charge on any atom is -0.481 e. The summed E-state index contributed by atoms with van der Waals surface area (Å²) in [6.07, 6.45) is 2.26. The van der Waals surface area contributed by atoms with Crippen molar-refractivity contribution < 1.29 is 14.4 Å². The van der Waals surface area contributed by atoms with Gasteiger partial charge in [-0.1, -0.05) is 16.9 Å². The molecule has 1 fully saturated rings. The molecule has 1 aliphatic rings. The number of aliphatic carboxylic acids is 1. The van der Waals surface area contributed by atoms with Crippen LogP contribution in [-0.4, -0.2) is 26.2 Å². The molecular formula is C11H11N3O3S2. The quantitative estimate of drug-likeness (QED) is 0.818. The number of aromatic nitrogens is 3. The fraction of sp³-hybridized carbons (Fsp3) is 0.455. The average molecular weight is 297 g/mol. The standard InChI is InChI=1S/C11H11N3O3S2/c15-9(16)3-7-4-18-11(12-7)19-5-8-13-10(14-17-8)6-1-2-6/h4,6H,1-3,5H2,(H,15,16). The molecule has 0 bridgehead atoms. The number of nitrogens with zero attached hydrogens (tertiary/aromatic N) is 3. The zero-order valence-electron chi connectivity index (χ0n) is 9.90. The Labute approximate surface area is 117 Å². The van der Waals surface area contributed by atoms with E-state index in [4.69, 9.17) is 9.63 Å². The Balaban J connectivity index is 1.55. The van der Waals surface area contributed by atoms with Gasteiger partial charge in [-0.15, -0.1) is 11.3 Å². The highest BCUT2D eigenvalue weighted by molar-refractivity contribution is 8.00. The summed E-state index contributed by atoms with van der Waals surface area (Å²) in [6, 6.07) is 0. The summed E-state index contributed by atoms with van der Waals surface area (Å²) in [4.78, 5) is 19.1. The highest BCUT2D eigenvalue weighted by Crippen LogP contribution is 2.38. The molecule has 0 amide bonds. The van der Waals surface area contributed by atoms with E-state index >= 15 is 0 Å². The van der Waals surface area contributed by atoms with Gasteiger partial charge in [-0.05, 0) is 12.8 Å². The third-order valence-corrected chi connectivity index (χ3v) is 4.66. The molecule has 2 aromatic rings. The predicted octanol–water partition coefficient (Wildman–Crippen LogP) is 2.32. The fourth-order valence-corrected chi connectivity index (χ4v) is 3.23. The van der Waals surface area contributed by atoms with Crippen molar-refractivity contribution in [2.24, 2.45) is 0 Å². The van der Waals surface area contributed by atoms with E-state index in [0.29, 0.717) is 23.3 Å². The lowest BCUT2D eigenvalue weighted by molar-refractivity contribution is -0.136. The molecule has 100 valence electrons. The second-order valence-electron chi connectivity index (χ2n) is 4.28. The number of hydrogen-bond acceptors (Lipinski definition) is 7. The van der Waals surface area contributed by atoms with E-state index in [1.165, 1.54) is 23.1 Å². The van der Waals surface area contributed by atoms with E-state index in [2.05, 4.69) is 15.1 Å². The monoisotopic (exact) mass is 297 g/mol. The van der Waals surface area contributed by atoms with Crippen LogP contribution in [0.15, 0.2) is 14.2 Å². The van der Waals surface area contributed by atoms with Crippen LogP contribution in [0.5, 0.6) is 0 Å². The molecule has 3 rings (SSSR count). The molecule has 0 spiro atoms. The zero-order valence-corrected chi connectivity index (χ0v) is 11.5. The Morgan fingerprint density at radius 3 is 3.11 bits per heavy atom. The van der Waals surface area contributed by atoms with Gasteiger partial charge in [-0.25, -0.2) is 4.98 Å². The van der Waals surface area contributed by atoms with E-state index in [0.717, 1.165) is 23.0 Å². The Hall–Kier alpha value is -1.41. The molecule has 19 heavy (non-hydrogen) atoms. The molecule has 1 aliphatic carbocycles. The SMILES string of the molecule is O=C(O)Cc1csc(SCc2nc(C3CC3)no2)n1. The maximum absolute atomic E-state index is 10.6. The molecule has 1 saturated carbocycles. The van der Waals surface area contributed by atoms with Gasteiger partial charge in [0.05, 0.1) is 17.9 Å². The summed E-state index contributed by atoms with van der Waals surface area (Å²) in [5, 5.41) is 14.4. The third-order valence-electron chi connectivity index (χ3n) is 2.61. The fourth-order valence-electron chi connectivity index (χ4n) is 1.55. The van der Waals surface area contributed by atoms with Crippen LogP contribution in [0.1, 0.15) is 36.2 Å². The van der Waals surface area contributed by atoms with Gasteiger partial charge >= 0.3 is 5.97 Å². The van der Waals surface area contributed by atoms with Crippen LogP contribution in [0.4, 0.5) is 0 Å². The van der Waals surface area contributed by atoms with Gasteiger partial charge in [0, 0.05) is 11.3 Å². The van der Waals surface area contributed by atoms with Crippen molar-refractivity contribution in [3.8, 4) is 0 Å². The minimum absolute atomic E-state index is 0.0382. The number of carboxylic acid groups (broad SMARTS) is 1. The molecule has 2 aromatic heterocycles. The third kappa shape index (κ3) is 3.32. The number of carbonyl (C=O) groups is 1. The molecule has 0 radical (unpaired) electrons. The van der Waals surface area contributed by atoms with Crippen LogP contribution in [0.25, 0.3) is 0 Å². The number of carboxylic acids is 1. The van der Waals surface area contributed by atoms with Crippen molar-refractivity contribution in [3.05, 3.63) is 22.8 Å². The first-order chi connectivity index (χ1) is 9.20. The van der Waals surface area contributed by atoms with Crippen molar-refractivity contribution in [1.82, 2.24) is 15.1 Å². The highest BCUT2D eigenvalue weighted by Gasteiger charge is 2.28. The van der Waals surface area contributed by atoms with Crippen LogP contribution in [0.3, 0.4) is 0 Å². The largest absolute Gasteiger partial charge is 0.481 e. The first-order valence-corrected chi connectivity index (χ1v) is 7.68. The summed E-state index contributed by atoms with van der Waals surface area (Å²) in [5.41, 5.74) is 0.587. The second kappa shape index (κ2) is 5.30. The molecule has 1 N–H and O–H groups in total. The first-order valence-electron chi connectivity index (χ1n) is 5.82. The second-order valence-corrected chi connectivity index (χ2v) is 6.37. The van der Waals surface area contributed by atoms with Gasteiger partial charge in [-0.2, -0.15) is 4.98 Å². The van der Waals surface area contributed by atoms with Crippen LogP contribution in [0.2, 0.25) is 0 Å². The number of thiazole rings is 1. The molecule has 2 heterocycles. The molecule has 0 unspecified atom stereocenters. The van der Waals surface area contributed by atoms with E-state index in [1.807, 2.05) is 0 Å². The van der Waals surface area contributed by atoms with Crippen molar-refractivity contribution in [2.45, 2.75) is 35.3 Å². The van der Waals surface area contributed by atoms with Crippen LogP contribution >= 0.6 is 23.1 Å². The Morgan fingerprint density at radius 2 is 2.37 bits per heavy atom. The number of rotatable bonds is 6. The predicted molar refractivity (Wildman–Crippen MR) is 69.3 cm³/mol. The molecule has 6 nitrogen and oxygen atoms in total. The summed E-state index contributed by atoms with van der Waals surface area (Å²) in [6.45, 7) is 0. The summed E-state index contributed by atoms with van der Waals surface area (Å²) in [7, 11) is 0. The lowest BCUT2D eigenvalue weighted by Crippen LogP contribution is -1.99. The van der Waals surface area contributed by atoms with E-state index in [9.17, 15) is 4.79 Å². The Kier molecular flexibility index (Phi) is 3.52. The van der Waals surface area contributed by atoms with Crippen molar-refractivity contribution in [2.75, 3.05) is 0 Å². The summed E-state index contributed by atoms with van der Waals surface area (Å²) >= 11 is 2.92. The van der Waals surface area contributed by atoms with E-state index in [-0.39, 0.29) is 6.42 Å². The summed E-state index contributed by atoms with van der Waals surface area (Å²) in [5.74, 6) is 1.60. The zero-order chi connectivity index (χ0) is 13.2. The molecule has 0 aromatic carbocycles. The van der Waals surface area contributed by atoms with E-state index in [1.54, 1.807) is 5.38 Å². The molecular weight excluding hydrogens is 286 g/mol. The smallest absolute Gasteiger partial charge is 0.309 e. The Morgan fingerprint density at radius 1 is 1.53 bits per heavy atom. The summed E-state index contributed by atoms with van der Waals surface area (Å²) < 4.78 is 5.98. The van der Waals surface area contributed by atoms with Gasteiger partial charge in [0.2, 0.25) is 5.89 Å². The van der Waals surface area contributed by atoms with Gasteiger partial charge < -0.3 is 9.63 Å². The van der Waals surface area contributed by atoms with E-state index < -0.39 is 5.97 Å². The molecule has 0 saturated heterocycles. The lowest BCUT2D eigenvalue weighted by atomic mass is 10.3. The van der Waals surface area contributed by atoms with Gasteiger partial charge in [0.1, 0.15) is 0 Å². The highest BCUT2D eigenvalue weighted by atomic mass is 32.2. The first kappa shape index (κ1) is 12.6. The average Bonchev–Trinajstić information content (AvgIpc) is 2.95. The van der Waals surface area contributed by atoms with Crippen LogP contribution in [0, 0.1) is 0 Å². The van der Waals surface area contributed by atoms with Crippen molar-refractivity contribution in [1.29, 1.82) is 0 Å². The molecule has 0 atom stereocenters. The normalized spacial score (nSPS) is 14.7. The number of thioether (sulfide) groups is 1. The maximum Gasteiger partial charge on any atom is 0.309 e. The molecule has 8 heteroatoms. The molecule has 0 aliphatic heterocycles. The van der Waals surface area contributed by atoms with Gasteiger partial charge in [-0.3, -0.25) is 4.79 Å². The lowest BCUT2D eigenvalue weighted by Gasteiger charge is -1.91. The van der Waals surface area contributed by atoms with Crippen LogP contribution in [-0.2, 0) is 17.0 Å². The topological polar surface area (TPSA) is 89.1 Å². The Bertz CT molecular complexity index is 592.